The van der Waals surface area contributed by atoms with Crippen LogP contribution in [0.15, 0.2) is 36.4 Å². The van der Waals surface area contributed by atoms with E-state index >= 15 is 0 Å². The Balaban J connectivity index is 2.61. The quantitative estimate of drug-likeness (QED) is 0.614. The Kier molecular flexibility index (Phi) is 2.68. The third-order valence-corrected chi connectivity index (χ3v) is 2.49. The van der Waals surface area contributed by atoms with Crippen LogP contribution in [0.2, 0.25) is 0 Å². The van der Waals surface area contributed by atoms with Crippen LogP contribution in [0.25, 0.3) is 10.8 Å². The molecule has 16 heavy (non-hydrogen) atoms. The van der Waals surface area contributed by atoms with Crippen LogP contribution in [-0.4, -0.2) is 12.2 Å². The summed E-state index contributed by atoms with van der Waals surface area (Å²) in [4.78, 5) is 21.4. The number of hydrogen-bond donors (Lipinski definition) is 1. The predicted octanol–water partition coefficient (Wildman–Crippen LogP) is 2.29. The van der Waals surface area contributed by atoms with Gasteiger partial charge in [-0.25, -0.2) is 0 Å². The number of anilines is 1. The van der Waals surface area contributed by atoms with E-state index in [0.29, 0.717) is 5.69 Å². The van der Waals surface area contributed by atoms with Crippen molar-refractivity contribution in [3.05, 3.63) is 42.0 Å². The second kappa shape index (κ2) is 4.14. The Labute approximate surface area is 93.1 Å². The fourth-order valence-corrected chi connectivity index (χ4v) is 1.70. The van der Waals surface area contributed by atoms with Crippen molar-refractivity contribution >= 4 is 28.7 Å². The maximum absolute atomic E-state index is 11.1. The number of carbonyl (C=O) groups is 2. The maximum Gasteiger partial charge on any atom is 0.288 e. The number of benzene rings is 2. The van der Waals surface area contributed by atoms with Crippen LogP contribution in [0, 0.1) is 6.92 Å². The van der Waals surface area contributed by atoms with Crippen molar-refractivity contribution in [1.29, 1.82) is 0 Å². The van der Waals surface area contributed by atoms with Gasteiger partial charge in [-0.15, -0.1) is 0 Å². The average molecular weight is 213 g/mol. The van der Waals surface area contributed by atoms with E-state index in [-0.39, 0.29) is 6.29 Å². The van der Waals surface area contributed by atoms with Crippen molar-refractivity contribution < 1.29 is 9.59 Å². The highest BCUT2D eigenvalue weighted by Crippen LogP contribution is 2.26. The van der Waals surface area contributed by atoms with Crippen LogP contribution in [0.1, 0.15) is 5.56 Å². The van der Waals surface area contributed by atoms with Gasteiger partial charge in [0.05, 0.1) is 5.69 Å². The zero-order valence-corrected chi connectivity index (χ0v) is 8.86. The van der Waals surface area contributed by atoms with Crippen LogP contribution >= 0.6 is 0 Å². The Morgan fingerprint density at radius 2 is 1.94 bits per heavy atom. The molecule has 2 aromatic carbocycles. The van der Waals surface area contributed by atoms with Crippen LogP contribution in [0.3, 0.4) is 0 Å². The third-order valence-electron chi connectivity index (χ3n) is 2.49. The average Bonchev–Trinajstić information content (AvgIpc) is 2.32. The number of nitrogens with one attached hydrogen (secondary N) is 1. The molecule has 1 N–H and O–H groups in total. The topological polar surface area (TPSA) is 46.2 Å². The lowest BCUT2D eigenvalue weighted by Crippen LogP contribution is -2.13. The van der Waals surface area contributed by atoms with E-state index in [0.717, 1.165) is 16.3 Å². The molecule has 0 aromatic heterocycles. The van der Waals surface area contributed by atoms with Crippen molar-refractivity contribution in [3.63, 3.8) is 0 Å². The van der Waals surface area contributed by atoms with Crippen LogP contribution < -0.4 is 5.32 Å². The third kappa shape index (κ3) is 1.80. The van der Waals surface area contributed by atoms with Gasteiger partial charge in [0.1, 0.15) is 0 Å². The zero-order chi connectivity index (χ0) is 11.5. The van der Waals surface area contributed by atoms with E-state index < -0.39 is 5.91 Å². The standard InChI is InChI=1S/C13H11NO2/c1-9-6-7-10-4-2-3-5-11(10)13(9)14-12(16)8-15/h2-8H,1H3,(H,14,16). The molecular weight excluding hydrogens is 202 g/mol. The van der Waals surface area contributed by atoms with E-state index in [1.165, 1.54) is 0 Å². The van der Waals surface area contributed by atoms with Crippen LogP contribution in [-0.2, 0) is 9.59 Å². The normalized spacial score (nSPS) is 10.1. The summed E-state index contributed by atoms with van der Waals surface area (Å²) in [5, 5.41) is 4.57. The molecule has 0 bridgehead atoms. The monoisotopic (exact) mass is 213 g/mol. The highest BCUT2D eigenvalue weighted by atomic mass is 16.2. The summed E-state index contributed by atoms with van der Waals surface area (Å²) in [7, 11) is 0. The van der Waals surface area contributed by atoms with E-state index in [1.807, 2.05) is 43.3 Å². The number of carbonyl (C=O) groups excluding carboxylic acids is 2. The second-order valence-corrected chi connectivity index (χ2v) is 3.59. The molecule has 3 nitrogen and oxygen atoms in total. The molecule has 0 radical (unpaired) electrons. The minimum Gasteiger partial charge on any atom is -0.319 e. The maximum atomic E-state index is 11.1. The van der Waals surface area contributed by atoms with Gasteiger partial charge in [-0.3, -0.25) is 9.59 Å². The Bertz CT molecular complexity index is 561. The van der Waals surface area contributed by atoms with Crippen molar-refractivity contribution in [2.45, 2.75) is 6.92 Å². The smallest absolute Gasteiger partial charge is 0.288 e. The molecule has 0 fully saturated rings. The van der Waals surface area contributed by atoms with E-state index in [2.05, 4.69) is 5.32 Å². The van der Waals surface area contributed by atoms with Gasteiger partial charge in [0, 0.05) is 5.39 Å². The van der Waals surface area contributed by atoms with Gasteiger partial charge < -0.3 is 5.32 Å². The second-order valence-electron chi connectivity index (χ2n) is 3.59. The number of aldehydes is 1. The van der Waals surface area contributed by atoms with Crippen molar-refractivity contribution in [2.75, 3.05) is 5.32 Å². The summed E-state index contributed by atoms with van der Waals surface area (Å²) in [6, 6.07) is 11.6. The molecule has 2 rings (SSSR count). The summed E-state index contributed by atoms with van der Waals surface area (Å²) in [6.07, 6.45) is 0.279. The van der Waals surface area contributed by atoms with E-state index in [4.69, 9.17) is 0 Å². The molecule has 0 aliphatic heterocycles. The molecule has 0 spiro atoms. The molecule has 1 amide bonds. The highest BCUT2D eigenvalue weighted by Gasteiger charge is 2.07. The Hall–Kier alpha value is -2.16. The van der Waals surface area contributed by atoms with Crippen LogP contribution in [0.4, 0.5) is 5.69 Å². The minimum absolute atomic E-state index is 0.279. The van der Waals surface area contributed by atoms with E-state index in [9.17, 15) is 9.59 Å². The fourth-order valence-electron chi connectivity index (χ4n) is 1.70. The summed E-state index contributed by atoms with van der Waals surface area (Å²) >= 11 is 0. The molecule has 0 heterocycles. The number of amides is 1. The lowest BCUT2D eigenvalue weighted by atomic mass is 10.0. The summed E-state index contributed by atoms with van der Waals surface area (Å²) < 4.78 is 0. The molecule has 0 saturated carbocycles. The molecule has 0 atom stereocenters. The molecule has 0 unspecified atom stereocenters. The van der Waals surface area contributed by atoms with Crippen molar-refractivity contribution in [1.82, 2.24) is 0 Å². The van der Waals surface area contributed by atoms with E-state index in [1.54, 1.807) is 0 Å². The van der Waals surface area contributed by atoms with Gasteiger partial charge in [0.2, 0.25) is 6.29 Å². The largest absolute Gasteiger partial charge is 0.319 e. The summed E-state index contributed by atoms with van der Waals surface area (Å²) in [5.41, 5.74) is 1.64. The molecule has 0 aliphatic carbocycles. The van der Waals surface area contributed by atoms with Gasteiger partial charge in [0.25, 0.3) is 5.91 Å². The lowest BCUT2D eigenvalue weighted by molar-refractivity contribution is -0.127. The SMILES string of the molecule is Cc1ccc2ccccc2c1NC(=O)C=O. The first-order valence-electron chi connectivity index (χ1n) is 4.97. The molecular formula is C13H11NO2. The van der Waals surface area contributed by atoms with Gasteiger partial charge in [-0.05, 0) is 17.9 Å². The molecule has 3 heteroatoms. The molecule has 2 aromatic rings. The van der Waals surface area contributed by atoms with Gasteiger partial charge in [-0.1, -0.05) is 36.4 Å². The predicted molar refractivity (Wildman–Crippen MR) is 63.4 cm³/mol. The summed E-state index contributed by atoms with van der Waals surface area (Å²) in [5.74, 6) is -0.626. The highest BCUT2D eigenvalue weighted by molar-refractivity contribution is 6.30. The van der Waals surface area contributed by atoms with Crippen molar-refractivity contribution in [3.8, 4) is 0 Å². The molecule has 80 valence electrons. The number of aryl methyl sites for hydroxylation is 1. The Morgan fingerprint density at radius 1 is 1.19 bits per heavy atom. The molecule has 0 aliphatic rings. The minimum atomic E-state index is -0.626. The fraction of sp³-hybridized carbons (Fsp3) is 0.0769. The Morgan fingerprint density at radius 3 is 2.69 bits per heavy atom. The van der Waals surface area contributed by atoms with Gasteiger partial charge >= 0.3 is 0 Å². The number of fused-ring (bicyclic) bond motifs is 1. The van der Waals surface area contributed by atoms with Crippen LogP contribution in [0.5, 0.6) is 0 Å². The van der Waals surface area contributed by atoms with Gasteiger partial charge in [0.15, 0.2) is 0 Å². The number of hydrogen-bond acceptors (Lipinski definition) is 2. The first-order valence-corrected chi connectivity index (χ1v) is 4.97. The zero-order valence-electron chi connectivity index (χ0n) is 8.86. The lowest BCUT2D eigenvalue weighted by Gasteiger charge is -2.09. The summed E-state index contributed by atoms with van der Waals surface area (Å²) in [6.45, 7) is 1.90. The van der Waals surface area contributed by atoms with Gasteiger partial charge in [-0.2, -0.15) is 0 Å². The first kappa shape index (κ1) is 10.4. The number of rotatable bonds is 2. The first-order chi connectivity index (χ1) is 7.72. The molecule has 0 saturated heterocycles. The van der Waals surface area contributed by atoms with Crippen molar-refractivity contribution in [2.24, 2.45) is 0 Å².